The van der Waals surface area contributed by atoms with Crippen molar-refractivity contribution in [1.29, 1.82) is 0 Å². The summed E-state index contributed by atoms with van der Waals surface area (Å²) in [6.45, 7) is 4.48. The third-order valence-electron chi connectivity index (χ3n) is 5.55. The van der Waals surface area contributed by atoms with E-state index in [-0.39, 0.29) is 29.1 Å². The summed E-state index contributed by atoms with van der Waals surface area (Å²) in [5, 5.41) is 3.32. The number of carbonyl (C=O) groups excluding carboxylic acids is 1. The lowest BCUT2D eigenvalue weighted by molar-refractivity contribution is -0.126. The maximum absolute atomic E-state index is 13.4. The predicted octanol–water partition coefficient (Wildman–Crippen LogP) is 4.03. The van der Waals surface area contributed by atoms with Crippen LogP contribution in [0, 0.1) is 5.92 Å². The van der Waals surface area contributed by atoms with Crippen molar-refractivity contribution in [1.82, 2.24) is 9.62 Å². The number of ether oxygens (including phenoxy) is 2. The number of carbonyl (C=O) groups is 1. The monoisotopic (exact) mass is 480 g/mol. The van der Waals surface area contributed by atoms with Gasteiger partial charge in [-0.3, -0.25) is 4.79 Å². The van der Waals surface area contributed by atoms with Crippen LogP contribution in [0.15, 0.2) is 47.4 Å². The zero-order valence-corrected chi connectivity index (χ0v) is 20.1. The summed E-state index contributed by atoms with van der Waals surface area (Å²) in [5.74, 6) is 0.405. The molecular formula is C23H29ClN2O5S. The van der Waals surface area contributed by atoms with E-state index < -0.39 is 15.9 Å². The predicted molar refractivity (Wildman–Crippen MR) is 124 cm³/mol. The van der Waals surface area contributed by atoms with Gasteiger partial charge in [0.2, 0.25) is 15.9 Å². The van der Waals surface area contributed by atoms with Crippen LogP contribution in [0.5, 0.6) is 11.5 Å². The Labute approximate surface area is 194 Å². The third kappa shape index (κ3) is 5.54. The van der Waals surface area contributed by atoms with E-state index in [1.165, 1.54) is 10.4 Å². The maximum Gasteiger partial charge on any atom is 0.246 e. The Morgan fingerprint density at radius 1 is 1.25 bits per heavy atom. The average molecular weight is 481 g/mol. The Bertz CT molecular complexity index is 1040. The second-order valence-electron chi connectivity index (χ2n) is 7.73. The van der Waals surface area contributed by atoms with E-state index in [1.807, 2.05) is 31.2 Å². The van der Waals surface area contributed by atoms with E-state index in [1.54, 1.807) is 26.2 Å². The van der Waals surface area contributed by atoms with Crippen molar-refractivity contribution >= 4 is 27.5 Å². The summed E-state index contributed by atoms with van der Waals surface area (Å²) in [6, 6.07) is 11.8. The molecule has 2 atom stereocenters. The molecule has 3 rings (SSSR count). The summed E-state index contributed by atoms with van der Waals surface area (Å²) in [6.07, 6.45) is 1.22. The first-order valence-electron chi connectivity index (χ1n) is 10.6. The van der Waals surface area contributed by atoms with Crippen molar-refractivity contribution in [3.63, 3.8) is 0 Å². The molecule has 2 aromatic rings. The molecular weight excluding hydrogens is 452 g/mol. The topological polar surface area (TPSA) is 84.9 Å². The maximum atomic E-state index is 13.4. The van der Waals surface area contributed by atoms with Gasteiger partial charge in [-0.05, 0) is 62.6 Å². The molecule has 9 heteroatoms. The molecule has 1 saturated heterocycles. The lowest BCUT2D eigenvalue weighted by Gasteiger charge is -2.32. The van der Waals surface area contributed by atoms with Crippen LogP contribution in [0.25, 0.3) is 0 Å². The van der Waals surface area contributed by atoms with E-state index in [4.69, 9.17) is 21.1 Å². The summed E-state index contributed by atoms with van der Waals surface area (Å²) < 4.78 is 38.7. The Balaban J connectivity index is 1.73. The van der Waals surface area contributed by atoms with Crippen LogP contribution in [-0.2, 0) is 14.8 Å². The van der Waals surface area contributed by atoms with Crippen LogP contribution in [0.4, 0.5) is 0 Å². The number of sulfonamides is 1. The van der Waals surface area contributed by atoms with Crippen molar-refractivity contribution in [2.75, 3.05) is 26.8 Å². The molecule has 174 valence electrons. The number of benzene rings is 2. The highest BCUT2D eigenvalue weighted by molar-refractivity contribution is 7.89. The number of nitrogens with one attached hydrogen (secondary N) is 1. The van der Waals surface area contributed by atoms with Gasteiger partial charge in [-0.2, -0.15) is 4.31 Å². The molecule has 1 fully saturated rings. The highest BCUT2D eigenvalue weighted by Crippen LogP contribution is 2.32. The fourth-order valence-electron chi connectivity index (χ4n) is 3.78. The Hall–Kier alpha value is -2.29. The highest BCUT2D eigenvalue weighted by atomic mass is 35.5. The number of hydrogen-bond donors (Lipinski definition) is 1. The van der Waals surface area contributed by atoms with Gasteiger partial charge < -0.3 is 14.8 Å². The second-order valence-corrected chi connectivity index (χ2v) is 10.1. The van der Waals surface area contributed by atoms with Gasteiger partial charge in [0.25, 0.3) is 0 Å². The molecule has 2 aromatic carbocycles. The molecule has 1 N–H and O–H groups in total. The fraction of sp³-hybridized carbons (Fsp3) is 0.435. The summed E-state index contributed by atoms with van der Waals surface area (Å²) in [5.41, 5.74) is 0.944. The van der Waals surface area contributed by atoms with Crippen LogP contribution in [0.2, 0.25) is 5.02 Å². The zero-order chi connectivity index (χ0) is 23.3. The molecule has 0 bridgehead atoms. The lowest BCUT2D eigenvalue weighted by Crippen LogP contribution is -2.45. The Morgan fingerprint density at radius 2 is 1.97 bits per heavy atom. The molecule has 32 heavy (non-hydrogen) atoms. The van der Waals surface area contributed by atoms with Crippen molar-refractivity contribution in [3.05, 3.63) is 53.1 Å². The van der Waals surface area contributed by atoms with Crippen molar-refractivity contribution in [2.45, 2.75) is 37.6 Å². The minimum Gasteiger partial charge on any atom is -0.497 e. The van der Waals surface area contributed by atoms with Gasteiger partial charge in [-0.15, -0.1) is 0 Å². The minimum absolute atomic E-state index is 0.0273. The molecule has 0 saturated carbocycles. The van der Waals surface area contributed by atoms with Crippen LogP contribution < -0.4 is 14.8 Å². The number of rotatable bonds is 8. The van der Waals surface area contributed by atoms with Crippen LogP contribution >= 0.6 is 11.6 Å². The van der Waals surface area contributed by atoms with Gasteiger partial charge >= 0.3 is 0 Å². The third-order valence-corrected chi connectivity index (χ3v) is 7.67. The first-order valence-corrected chi connectivity index (χ1v) is 12.4. The molecule has 1 amide bonds. The molecule has 1 heterocycles. The van der Waals surface area contributed by atoms with E-state index in [2.05, 4.69) is 5.32 Å². The second kappa shape index (κ2) is 10.6. The number of nitrogens with zero attached hydrogens (tertiary/aromatic N) is 1. The van der Waals surface area contributed by atoms with Gasteiger partial charge in [0.1, 0.15) is 16.4 Å². The number of piperidine rings is 1. The SMILES string of the molecule is CCOc1ccc(Cl)cc1S(=O)(=O)N1CCC[C@@H](C(=O)N[C@@H](C)c2ccc(OC)cc2)C1. The molecule has 1 aliphatic rings. The molecule has 0 spiro atoms. The van der Waals surface area contributed by atoms with Crippen molar-refractivity contribution in [3.8, 4) is 11.5 Å². The van der Waals surface area contributed by atoms with Crippen LogP contribution in [-0.4, -0.2) is 45.4 Å². The smallest absolute Gasteiger partial charge is 0.246 e. The standard InChI is InChI=1S/C23H29ClN2O5S/c1-4-31-21-12-9-19(24)14-22(21)32(28,29)26-13-5-6-18(15-26)23(27)25-16(2)17-7-10-20(30-3)11-8-17/h7-12,14,16,18H,4-6,13,15H2,1-3H3,(H,25,27)/t16-,18+/m0/s1. The van der Waals surface area contributed by atoms with E-state index in [9.17, 15) is 13.2 Å². The summed E-state index contributed by atoms with van der Waals surface area (Å²) >= 11 is 6.07. The zero-order valence-electron chi connectivity index (χ0n) is 18.5. The number of methoxy groups -OCH3 is 1. The summed E-state index contributed by atoms with van der Waals surface area (Å²) in [4.78, 5) is 13.0. The quantitative estimate of drug-likeness (QED) is 0.616. The van der Waals surface area contributed by atoms with E-state index >= 15 is 0 Å². The van der Waals surface area contributed by atoms with Gasteiger partial charge in [-0.25, -0.2) is 8.42 Å². The number of halogens is 1. The Kier molecular flexibility index (Phi) is 8.03. The van der Waals surface area contributed by atoms with Crippen LogP contribution in [0.3, 0.4) is 0 Å². The first kappa shape index (κ1) is 24.4. The van der Waals surface area contributed by atoms with E-state index in [0.29, 0.717) is 31.0 Å². The van der Waals surface area contributed by atoms with Crippen LogP contribution in [0.1, 0.15) is 38.3 Å². The molecule has 0 unspecified atom stereocenters. The Morgan fingerprint density at radius 3 is 2.62 bits per heavy atom. The summed E-state index contributed by atoms with van der Waals surface area (Å²) in [7, 11) is -2.26. The van der Waals surface area contributed by atoms with E-state index in [0.717, 1.165) is 11.3 Å². The van der Waals surface area contributed by atoms with Crippen molar-refractivity contribution in [2.24, 2.45) is 5.92 Å². The fourth-order valence-corrected chi connectivity index (χ4v) is 5.70. The number of hydrogen-bond acceptors (Lipinski definition) is 5. The lowest BCUT2D eigenvalue weighted by atomic mass is 9.98. The van der Waals surface area contributed by atoms with Crippen molar-refractivity contribution < 1.29 is 22.7 Å². The molecule has 1 aliphatic heterocycles. The highest BCUT2D eigenvalue weighted by Gasteiger charge is 2.35. The normalized spacial score (nSPS) is 18.1. The van der Waals surface area contributed by atoms with Gasteiger partial charge in [0.15, 0.2) is 0 Å². The van der Waals surface area contributed by atoms with Gasteiger partial charge in [-0.1, -0.05) is 23.7 Å². The number of amides is 1. The molecule has 0 aliphatic carbocycles. The largest absolute Gasteiger partial charge is 0.497 e. The average Bonchev–Trinajstić information content (AvgIpc) is 2.80. The molecule has 7 nitrogen and oxygen atoms in total. The van der Waals surface area contributed by atoms with Gasteiger partial charge in [0.05, 0.1) is 25.7 Å². The minimum atomic E-state index is -3.86. The molecule has 0 radical (unpaired) electrons. The van der Waals surface area contributed by atoms with Gasteiger partial charge in [0, 0.05) is 18.1 Å². The first-order chi connectivity index (χ1) is 15.3. The molecule has 0 aromatic heterocycles.